The smallest absolute Gasteiger partial charge is 0.417 e. The normalized spacial score (nSPS) is 11.6. The standard InChI is InChI=1S/C26H27F3N6O3/c1-2-16-13-17(3-5-19(16)25(37)32-9-12-38-11-7-30)34-23-24-33-15-22(35(24)10-8-31-23)20-6-4-18(36)14-21(20)26(27,28)29/h3-6,8,10,13-15,36H,2,7,9,11-12,30H2,1H3,(H,31,34)(H,32,37). The zero-order chi connectivity index (χ0) is 27.3. The third kappa shape index (κ3) is 5.87. The number of aromatic hydroxyl groups is 1. The van der Waals surface area contributed by atoms with Crippen LogP contribution in [0.2, 0.25) is 0 Å². The fraction of sp³-hybridized carbons (Fsp3) is 0.269. The molecule has 0 atom stereocenters. The number of rotatable bonds is 10. The molecule has 1 amide bonds. The Bertz CT molecular complexity index is 1440. The number of nitrogens with two attached hydrogens (primary N) is 1. The molecule has 38 heavy (non-hydrogen) atoms. The van der Waals surface area contributed by atoms with Crippen molar-refractivity contribution in [3.8, 4) is 17.0 Å². The Kier molecular flexibility index (Phi) is 8.13. The van der Waals surface area contributed by atoms with E-state index in [0.717, 1.165) is 5.56 Å². The highest BCUT2D eigenvalue weighted by molar-refractivity contribution is 5.96. The number of hydrogen-bond donors (Lipinski definition) is 4. The summed E-state index contributed by atoms with van der Waals surface area (Å²) < 4.78 is 47.7. The Morgan fingerprint density at radius 1 is 1.16 bits per heavy atom. The largest absolute Gasteiger partial charge is 0.508 e. The van der Waals surface area contributed by atoms with Gasteiger partial charge in [0.25, 0.3) is 5.91 Å². The van der Waals surface area contributed by atoms with Crippen LogP contribution in [0.5, 0.6) is 5.75 Å². The number of carbonyl (C=O) groups is 1. The van der Waals surface area contributed by atoms with Gasteiger partial charge < -0.3 is 26.2 Å². The highest BCUT2D eigenvalue weighted by Crippen LogP contribution is 2.39. The van der Waals surface area contributed by atoms with Crippen LogP contribution in [0.25, 0.3) is 16.9 Å². The first-order chi connectivity index (χ1) is 18.2. The van der Waals surface area contributed by atoms with Crippen molar-refractivity contribution in [2.24, 2.45) is 5.73 Å². The number of carbonyl (C=O) groups excluding carboxylic acids is 1. The van der Waals surface area contributed by atoms with Crippen LogP contribution in [0.15, 0.2) is 55.0 Å². The van der Waals surface area contributed by atoms with Crippen LogP contribution in [0.3, 0.4) is 0 Å². The second-order valence-electron chi connectivity index (χ2n) is 8.35. The quantitative estimate of drug-likeness (QED) is 0.228. The van der Waals surface area contributed by atoms with E-state index in [1.165, 1.54) is 35.1 Å². The van der Waals surface area contributed by atoms with E-state index in [9.17, 15) is 23.1 Å². The predicted octanol–water partition coefficient (Wildman–Crippen LogP) is 4.13. The number of imidazole rings is 1. The van der Waals surface area contributed by atoms with Crippen LogP contribution >= 0.6 is 0 Å². The van der Waals surface area contributed by atoms with Gasteiger partial charge in [-0.1, -0.05) is 6.92 Å². The molecular weight excluding hydrogens is 501 g/mol. The molecule has 200 valence electrons. The molecule has 0 spiro atoms. The van der Waals surface area contributed by atoms with Gasteiger partial charge in [-0.15, -0.1) is 0 Å². The first-order valence-electron chi connectivity index (χ1n) is 11.9. The lowest BCUT2D eigenvalue weighted by atomic mass is 10.0. The van der Waals surface area contributed by atoms with E-state index in [0.29, 0.717) is 61.5 Å². The molecule has 2 aromatic carbocycles. The van der Waals surface area contributed by atoms with Gasteiger partial charge in [0.1, 0.15) is 5.75 Å². The van der Waals surface area contributed by atoms with Gasteiger partial charge in [-0.3, -0.25) is 9.20 Å². The van der Waals surface area contributed by atoms with Crippen molar-refractivity contribution in [3.05, 3.63) is 71.7 Å². The van der Waals surface area contributed by atoms with Crippen molar-refractivity contribution in [2.75, 3.05) is 31.6 Å². The van der Waals surface area contributed by atoms with Crippen LogP contribution in [-0.4, -0.2) is 51.7 Å². The van der Waals surface area contributed by atoms with Gasteiger partial charge in [0.15, 0.2) is 11.5 Å². The topological polar surface area (TPSA) is 127 Å². The zero-order valence-corrected chi connectivity index (χ0v) is 20.5. The Balaban J connectivity index is 1.60. The number of nitrogens with one attached hydrogen (secondary N) is 2. The van der Waals surface area contributed by atoms with Crippen molar-refractivity contribution in [3.63, 3.8) is 0 Å². The molecule has 0 bridgehead atoms. The van der Waals surface area contributed by atoms with Crippen molar-refractivity contribution >= 4 is 23.1 Å². The molecule has 2 aromatic heterocycles. The third-order valence-corrected chi connectivity index (χ3v) is 5.80. The molecule has 0 radical (unpaired) electrons. The fourth-order valence-electron chi connectivity index (χ4n) is 4.04. The van der Waals surface area contributed by atoms with Gasteiger partial charge in [-0.05, 0) is 48.4 Å². The molecule has 0 fully saturated rings. The van der Waals surface area contributed by atoms with E-state index in [2.05, 4.69) is 20.6 Å². The van der Waals surface area contributed by atoms with Crippen LogP contribution in [0.1, 0.15) is 28.4 Å². The molecule has 0 saturated carbocycles. The van der Waals surface area contributed by atoms with E-state index in [4.69, 9.17) is 10.5 Å². The summed E-state index contributed by atoms with van der Waals surface area (Å²) in [6, 6.07) is 8.32. The molecule has 2 heterocycles. The molecule has 0 aliphatic rings. The maximum Gasteiger partial charge on any atom is 0.417 e. The van der Waals surface area contributed by atoms with Gasteiger partial charge in [-0.25, -0.2) is 9.97 Å². The average Bonchev–Trinajstić information content (AvgIpc) is 3.33. The lowest BCUT2D eigenvalue weighted by Gasteiger charge is -2.14. The Labute approximate surface area is 216 Å². The minimum atomic E-state index is -4.67. The number of halogens is 3. The first kappa shape index (κ1) is 26.9. The van der Waals surface area contributed by atoms with E-state index in [1.54, 1.807) is 12.1 Å². The Morgan fingerprint density at radius 3 is 2.71 bits per heavy atom. The number of amides is 1. The predicted molar refractivity (Wildman–Crippen MR) is 136 cm³/mol. The van der Waals surface area contributed by atoms with Gasteiger partial charge in [-0.2, -0.15) is 13.2 Å². The van der Waals surface area contributed by atoms with Crippen LogP contribution < -0.4 is 16.4 Å². The van der Waals surface area contributed by atoms with Crippen LogP contribution in [-0.2, 0) is 17.3 Å². The number of aromatic nitrogens is 3. The molecule has 0 aliphatic heterocycles. The van der Waals surface area contributed by atoms with E-state index >= 15 is 0 Å². The number of benzene rings is 2. The Hall–Kier alpha value is -4.16. The number of fused-ring (bicyclic) bond motifs is 1. The molecule has 4 aromatic rings. The minimum Gasteiger partial charge on any atom is -0.508 e. The van der Waals surface area contributed by atoms with Crippen LogP contribution in [0.4, 0.5) is 24.7 Å². The molecule has 5 N–H and O–H groups in total. The van der Waals surface area contributed by atoms with Crippen molar-refractivity contribution in [2.45, 2.75) is 19.5 Å². The number of alkyl halides is 3. The van der Waals surface area contributed by atoms with Gasteiger partial charge in [0, 0.05) is 42.3 Å². The maximum atomic E-state index is 13.7. The van der Waals surface area contributed by atoms with Gasteiger partial charge in [0.2, 0.25) is 0 Å². The van der Waals surface area contributed by atoms with Crippen molar-refractivity contribution in [1.82, 2.24) is 19.7 Å². The molecule has 4 rings (SSSR count). The summed E-state index contributed by atoms with van der Waals surface area (Å²) in [4.78, 5) is 21.2. The second-order valence-corrected chi connectivity index (χ2v) is 8.35. The fourth-order valence-corrected chi connectivity index (χ4v) is 4.04. The second kappa shape index (κ2) is 11.5. The van der Waals surface area contributed by atoms with Crippen molar-refractivity contribution in [1.29, 1.82) is 0 Å². The van der Waals surface area contributed by atoms with Crippen LogP contribution in [0, 0.1) is 0 Å². The zero-order valence-electron chi connectivity index (χ0n) is 20.5. The SMILES string of the molecule is CCc1cc(Nc2nccn3c(-c4ccc(O)cc4C(F)(F)F)cnc23)ccc1C(=O)NCCOCCN. The first-order valence-corrected chi connectivity index (χ1v) is 11.9. The number of phenols is 1. The highest BCUT2D eigenvalue weighted by atomic mass is 19.4. The summed E-state index contributed by atoms with van der Waals surface area (Å²) in [6.07, 6.45) is 0.204. The monoisotopic (exact) mass is 528 g/mol. The number of anilines is 2. The van der Waals surface area contributed by atoms with Gasteiger partial charge >= 0.3 is 6.18 Å². The average molecular weight is 529 g/mol. The molecule has 12 heteroatoms. The summed E-state index contributed by atoms with van der Waals surface area (Å²) in [5.41, 5.74) is 6.73. The van der Waals surface area contributed by atoms with Crippen molar-refractivity contribution < 1.29 is 27.8 Å². The Morgan fingerprint density at radius 2 is 1.97 bits per heavy atom. The van der Waals surface area contributed by atoms with E-state index in [-0.39, 0.29) is 17.2 Å². The molecule has 0 aliphatic carbocycles. The maximum absolute atomic E-state index is 13.7. The number of hydrogen-bond acceptors (Lipinski definition) is 7. The van der Waals surface area contributed by atoms with E-state index < -0.39 is 17.5 Å². The van der Waals surface area contributed by atoms with E-state index in [1.807, 2.05) is 13.0 Å². The third-order valence-electron chi connectivity index (χ3n) is 5.80. The molecule has 0 saturated heterocycles. The number of nitrogens with zero attached hydrogens (tertiary/aromatic N) is 3. The number of ether oxygens (including phenoxy) is 1. The summed E-state index contributed by atoms with van der Waals surface area (Å²) in [6.45, 7) is 3.48. The lowest BCUT2D eigenvalue weighted by molar-refractivity contribution is -0.137. The molecule has 0 unspecified atom stereocenters. The molecule has 9 nitrogen and oxygen atoms in total. The number of phenolic OH excluding ortho intramolecular Hbond substituents is 1. The molecular formula is C26H27F3N6O3. The lowest BCUT2D eigenvalue weighted by Crippen LogP contribution is -2.28. The highest BCUT2D eigenvalue weighted by Gasteiger charge is 2.35. The summed E-state index contributed by atoms with van der Waals surface area (Å²) >= 11 is 0. The summed E-state index contributed by atoms with van der Waals surface area (Å²) in [7, 11) is 0. The van der Waals surface area contributed by atoms with Gasteiger partial charge in [0.05, 0.1) is 30.7 Å². The minimum absolute atomic E-state index is 0.128. The summed E-state index contributed by atoms with van der Waals surface area (Å²) in [5, 5.41) is 15.6. The number of aryl methyl sites for hydroxylation is 1. The summed E-state index contributed by atoms with van der Waals surface area (Å²) in [5.74, 6) is -0.387.